The van der Waals surface area contributed by atoms with E-state index in [1.54, 1.807) is 6.07 Å². The second kappa shape index (κ2) is 3.31. The maximum Gasteiger partial charge on any atom is 0.363 e. The lowest BCUT2D eigenvalue weighted by Crippen LogP contribution is -2.08. The fourth-order valence-electron chi connectivity index (χ4n) is 1.51. The first-order valence-corrected chi connectivity index (χ1v) is 4.50. The summed E-state index contributed by atoms with van der Waals surface area (Å²) in [6.45, 7) is 1.92. The molecule has 0 aliphatic carbocycles. The van der Waals surface area contributed by atoms with Gasteiger partial charge >= 0.3 is 5.63 Å². The molecular formula is C11H11NO3. The highest BCUT2D eigenvalue weighted by Crippen LogP contribution is 2.29. The number of nitrogens with two attached hydrogens (primary N) is 1. The number of benzene rings is 1. The highest BCUT2D eigenvalue weighted by atomic mass is 16.5. The predicted molar refractivity (Wildman–Crippen MR) is 58.2 cm³/mol. The molecule has 0 amide bonds. The molecule has 0 radical (unpaired) electrons. The fraction of sp³-hybridized carbons (Fsp3) is 0.182. The van der Waals surface area contributed by atoms with Crippen LogP contribution in [0.25, 0.3) is 11.0 Å². The number of hydrogen-bond donors (Lipinski definition) is 1. The molecule has 0 spiro atoms. The zero-order valence-corrected chi connectivity index (χ0v) is 8.53. The monoisotopic (exact) mass is 205 g/mol. The van der Waals surface area contributed by atoms with Crippen LogP contribution in [-0.2, 0) is 0 Å². The molecule has 78 valence electrons. The Morgan fingerprint density at radius 1 is 1.40 bits per heavy atom. The zero-order valence-electron chi connectivity index (χ0n) is 8.53. The van der Waals surface area contributed by atoms with E-state index < -0.39 is 5.63 Å². The lowest BCUT2D eigenvalue weighted by Gasteiger charge is -2.06. The van der Waals surface area contributed by atoms with Crippen molar-refractivity contribution < 1.29 is 9.15 Å². The maximum atomic E-state index is 11.4. The molecule has 0 aliphatic rings. The molecule has 1 aromatic heterocycles. The van der Waals surface area contributed by atoms with Crippen LogP contribution < -0.4 is 16.1 Å². The smallest absolute Gasteiger partial charge is 0.363 e. The Labute approximate surface area is 86.3 Å². The summed E-state index contributed by atoms with van der Waals surface area (Å²) >= 11 is 0. The molecular weight excluding hydrogens is 194 g/mol. The van der Waals surface area contributed by atoms with Gasteiger partial charge in [-0.05, 0) is 24.6 Å². The average molecular weight is 205 g/mol. The fourth-order valence-corrected chi connectivity index (χ4v) is 1.51. The van der Waals surface area contributed by atoms with E-state index in [1.807, 2.05) is 19.1 Å². The Balaban J connectivity index is 2.94. The van der Waals surface area contributed by atoms with E-state index in [1.165, 1.54) is 7.11 Å². The minimum atomic E-state index is -0.565. The summed E-state index contributed by atoms with van der Waals surface area (Å²) in [6, 6.07) is 5.51. The SMILES string of the molecule is COc1c(N)c(=O)oc2cc(C)ccc12. The molecule has 0 bridgehead atoms. The van der Waals surface area contributed by atoms with E-state index in [0.717, 1.165) is 5.56 Å². The molecule has 2 N–H and O–H groups in total. The largest absolute Gasteiger partial charge is 0.494 e. The molecule has 0 saturated carbocycles. The van der Waals surface area contributed by atoms with Gasteiger partial charge in [-0.15, -0.1) is 0 Å². The molecule has 0 unspecified atom stereocenters. The van der Waals surface area contributed by atoms with Crippen LogP contribution in [-0.4, -0.2) is 7.11 Å². The number of hydrogen-bond acceptors (Lipinski definition) is 4. The van der Waals surface area contributed by atoms with Crippen LogP contribution in [0, 0.1) is 6.92 Å². The van der Waals surface area contributed by atoms with Crippen molar-refractivity contribution in [3.8, 4) is 5.75 Å². The Hall–Kier alpha value is -1.97. The number of ether oxygens (including phenoxy) is 1. The van der Waals surface area contributed by atoms with Crippen LogP contribution >= 0.6 is 0 Å². The predicted octanol–water partition coefficient (Wildman–Crippen LogP) is 1.69. The normalized spacial score (nSPS) is 10.5. The second-order valence-corrected chi connectivity index (χ2v) is 3.34. The summed E-state index contributed by atoms with van der Waals surface area (Å²) in [6.07, 6.45) is 0. The Bertz CT molecular complexity index is 572. The summed E-state index contributed by atoms with van der Waals surface area (Å²) in [5, 5.41) is 0.709. The molecule has 0 saturated heterocycles. The molecule has 4 nitrogen and oxygen atoms in total. The molecule has 2 aromatic rings. The first-order valence-electron chi connectivity index (χ1n) is 4.50. The van der Waals surface area contributed by atoms with Crippen molar-refractivity contribution in [1.29, 1.82) is 0 Å². The number of rotatable bonds is 1. The first-order chi connectivity index (χ1) is 7.13. The number of nitrogen functional groups attached to an aromatic ring is 1. The van der Waals surface area contributed by atoms with Crippen LogP contribution in [0.4, 0.5) is 5.69 Å². The van der Waals surface area contributed by atoms with E-state index in [4.69, 9.17) is 14.9 Å². The summed E-state index contributed by atoms with van der Waals surface area (Å²) in [7, 11) is 1.48. The number of fused-ring (bicyclic) bond motifs is 1. The third-order valence-electron chi connectivity index (χ3n) is 2.25. The summed E-state index contributed by atoms with van der Waals surface area (Å²) in [5.74, 6) is 0.376. The molecule has 0 fully saturated rings. The van der Waals surface area contributed by atoms with Crippen LogP contribution in [0.5, 0.6) is 5.75 Å². The molecule has 1 heterocycles. The summed E-state index contributed by atoms with van der Waals surface area (Å²) < 4.78 is 10.1. The molecule has 0 atom stereocenters. The van der Waals surface area contributed by atoms with Crippen molar-refractivity contribution in [1.82, 2.24) is 0 Å². The van der Waals surface area contributed by atoms with Crippen LogP contribution in [0.3, 0.4) is 0 Å². The minimum absolute atomic E-state index is 0.00820. The topological polar surface area (TPSA) is 65.5 Å². The molecule has 2 rings (SSSR count). The highest BCUT2D eigenvalue weighted by Gasteiger charge is 2.11. The van der Waals surface area contributed by atoms with Crippen molar-refractivity contribution >= 4 is 16.7 Å². The Morgan fingerprint density at radius 2 is 2.13 bits per heavy atom. The van der Waals surface area contributed by atoms with Crippen molar-refractivity contribution in [2.75, 3.05) is 12.8 Å². The second-order valence-electron chi connectivity index (χ2n) is 3.34. The van der Waals surface area contributed by atoms with Crippen molar-refractivity contribution in [2.45, 2.75) is 6.92 Å². The molecule has 0 aliphatic heterocycles. The van der Waals surface area contributed by atoms with Gasteiger partial charge in [0.1, 0.15) is 5.58 Å². The van der Waals surface area contributed by atoms with Crippen molar-refractivity contribution in [2.24, 2.45) is 0 Å². The zero-order chi connectivity index (χ0) is 11.0. The van der Waals surface area contributed by atoms with E-state index in [0.29, 0.717) is 16.7 Å². The van der Waals surface area contributed by atoms with Gasteiger partial charge in [0.05, 0.1) is 12.5 Å². The quantitative estimate of drug-likeness (QED) is 0.719. The minimum Gasteiger partial charge on any atom is -0.494 e. The molecule has 15 heavy (non-hydrogen) atoms. The van der Waals surface area contributed by atoms with E-state index in [9.17, 15) is 4.79 Å². The lowest BCUT2D eigenvalue weighted by atomic mass is 10.1. The van der Waals surface area contributed by atoms with E-state index in [2.05, 4.69) is 0 Å². The maximum absolute atomic E-state index is 11.4. The first kappa shape index (κ1) is 9.58. The van der Waals surface area contributed by atoms with Crippen LogP contribution in [0.15, 0.2) is 27.4 Å². The van der Waals surface area contributed by atoms with E-state index in [-0.39, 0.29) is 5.69 Å². The van der Waals surface area contributed by atoms with Gasteiger partial charge in [0, 0.05) is 0 Å². The van der Waals surface area contributed by atoms with Gasteiger partial charge in [-0.25, -0.2) is 4.79 Å². The van der Waals surface area contributed by atoms with Crippen LogP contribution in [0.1, 0.15) is 5.56 Å². The number of methoxy groups -OCH3 is 1. The number of anilines is 1. The van der Waals surface area contributed by atoms with Crippen LogP contribution in [0.2, 0.25) is 0 Å². The molecule has 4 heteroatoms. The van der Waals surface area contributed by atoms with Gasteiger partial charge in [-0.3, -0.25) is 0 Å². The third-order valence-corrected chi connectivity index (χ3v) is 2.25. The number of aryl methyl sites for hydroxylation is 1. The van der Waals surface area contributed by atoms with E-state index >= 15 is 0 Å². The van der Waals surface area contributed by atoms with Crippen molar-refractivity contribution in [3.05, 3.63) is 34.2 Å². The van der Waals surface area contributed by atoms with Gasteiger partial charge in [-0.1, -0.05) is 6.07 Å². The lowest BCUT2D eigenvalue weighted by molar-refractivity contribution is 0.416. The van der Waals surface area contributed by atoms with Gasteiger partial charge < -0.3 is 14.9 Å². The summed E-state index contributed by atoms with van der Waals surface area (Å²) in [4.78, 5) is 11.4. The van der Waals surface area contributed by atoms with Gasteiger partial charge in [0.15, 0.2) is 11.4 Å². The highest BCUT2D eigenvalue weighted by molar-refractivity contribution is 5.88. The van der Waals surface area contributed by atoms with Gasteiger partial charge in [0.25, 0.3) is 0 Å². The summed E-state index contributed by atoms with van der Waals surface area (Å²) in [5.41, 5.74) is 6.51. The third kappa shape index (κ3) is 1.44. The average Bonchev–Trinajstić information content (AvgIpc) is 2.20. The Kier molecular flexibility index (Phi) is 2.11. The Morgan fingerprint density at radius 3 is 2.80 bits per heavy atom. The van der Waals surface area contributed by atoms with Crippen molar-refractivity contribution in [3.63, 3.8) is 0 Å². The standard InChI is InChI=1S/C11H11NO3/c1-6-3-4-7-8(5-6)15-11(13)9(12)10(7)14-2/h3-5H,12H2,1-2H3. The molecule has 1 aromatic carbocycles. The van der Waals surface area contributed by atoms with Gasteiger partial charge in [0.2, 0.25) is 0 Å². The van der Waals surface area contributed by atoms with Gasteiger partial charge in [-0.2, -0.15) is 0 Å².